The van der Waals surface area contributed by atoms with Crippen LogP contribution in [-0.2, 0) is 6.54 Å². The largest absolute Gasteiger partial charge is 0.383 e. The summed E-state index contributed by atoms with van der Waals surface area (Å²) in [5, 5.41) is 3.06. The van der Waals surface area contributed by atoms with Crippen molar-refractivity contribution in [2.45, 2.75) is 40.2 Å². The molecule has 0 aliphatic rings. The molecule has 7 nitrogen and oxygen atoms in total. The van der Waals surface area contributed by atoms with Crippen LogP contribution in [0.4, 0.5) is 11.5 Å². The van der Waals surface area contributed by atoms with Gasteiger partial charge in [0.2, 0.25) is 0 Å². The van der Waals surface area contributed by atoms with E-state index in [1.807, 2.05) is 6.92 Å². The molecule has 1 aromatic rings. The molecule has 7 heteroatoms. The minimum Gasteiger partial charge on any atom is -0.383 e. The maximum Gasteiger partial charge on any atom is 0.330 e. The Labute approximate surface area is 125 Å². The number of nitrogen functional groups attached to an aromatic ring is 1. The van der Waals surface area contributed by atoms with Gasteiger partial charge in [0.05, 0.1) is 0 Å². The van der Waals surface area contributed by atoms with Crippen molar-refractivity contribution in [2.24, 2.45) is 0 Å². The minimum atomic E-state index is -0.455. The molecule has 0 aliphatic carbocycles. The zero-order valence-corrected chi connectivity index (χ0v) is 13.2. The second-order valence-corrected chi connectivity index (χ2v) is 5.03. The zero-order chi connectivity index (χ0) is 15.8. The number of likely N-dealkylation sites (N-methyl/N-ethyl adjacent to an activating group) is 1. The molecule has 0 radical (unpaired) electrons. The monoisotopic (exact) mass is 297 g/mol. The van der Waals surface area contributed by atoms with E-state index in [0.717, 1.165) is 32.5 Å². The Morgan fingerprint density at radius 3 is 2.48 bits per heavy atom. The normalized spacial score (nSPS) is 11.0. The van der Waals surface area contributed by atoms with E-state index in [1.54, 1.807) is 0 Å². The van der Waals surface area contributed by atoms with Gasteiger partial charge in [0.1, 0.15) is 11.5 Å². The van der Waals surface area contributed by atoms with E-state index in [1.165, 1.54) is 4.57 Å². The molecule has 0 spiro atoms. The van der Waals surface area contributed by atoms with Crippen molar-refractivity contribution in [2.75, 3.05) is 37.2 Å². The van der Waals surface area contributed by atoms with Crippen molar-refractivity contribution >= 4 is 11.5 Å². The lowest BCUT2D eigenvalue weighted by molar-refractivity contribution is 0.300. The standard InChI is InChI=1S/C14H27N5O2/c1-4-8-18(6-3)10-7-16-11-12(15)19(9-5-2)14(21)17-13(11)20/h16H,4-10,15H2,1-3H3,(H,17,20,21). The van der Waals surface area contributed by atoms with Crippen LogP contribution >= 0.6 is 0 Å². The molecule has 0 fully saturated rings. The predicted octanol–water partition coefficient (Wildman–Crippen LogP) is 0.673. The first-order chi connectivity index (χ1) is 10.0. The molecule has 120 valence electrons. The molecule has 4 N–H and O–H groups in total. The molecular formula is C14H27N5O2. The number of nitrogens with zero attached hydrogens (tertiary/aromatic N) is 2. The van der Waals surface area contributed by atoms with Gasteiger partial charge in [-0.05, 0) is 25.9 Å². The lowest BCUT2D eigenvalue weighted by Crippen LogP contribution is -2.36. The van der Waals surface area contributed by atoms with Crippen LogP contribution in [0.2, 0.25) is 0 Å². The van der Waals surface area contributed by atoms with Crippen LogP contribution in [0, 0.1) is 0 Å². The fourth-order valence-electron chi connectivity index (χ4n) is 2.29. The van der Waals surface area contributed by atoms with Crippen molar-refractivity contribution in [3.8, 4) is 0 Å². The number of rotatable bonds is 9. The maximum absolute atomic E-state index is 11.9. The maximum atomic E-state index is 11.9. The fourth-order valence-corrected chi connectivity index (χ4v) is 2.29. The Morgan fingerprint density at radius 1 is 1.19 bits per heavy atom. The topological polar surface area (TPSA) is 96.2 Å². The van der Waals surface area contributed by atoms with Crippen molar-refractivity contribution in [3.63, 3.8) is 0 Å². The number of nitrogens with two attached hydrogens (primary N) is 1. The van der Waals surface area contributed by atoms with E-state index >= 15 is 0 Å². The van der Waals surface area contributed by atoms with Gasteiger partial charge in [-0.25, -0.2) is 4.79 Å². The highest BCUT2D eigenvalue weighted by atomic mass is 16.2. The van der Waals surface area contributed by atoms with Gasteiger partial charge in [0.25, 0.3) is 5.56 Å². The van der Waals surface area contributed by atoms with E-state index in [0.29, 0.717) is 13.1 Å². The molecule has 0 aliphatic heterocycles. The second kappa shape index (κ2) is 8.51. The molecule has 21 heavy (non-hydrogen) atoms. The number of nitrogens with one attached hydrogen (secondary N) is 2. The Morgan fingerprint density at radius 2 is 1.90 bits per heavy atom. The fraction of sp³-hybridized carbons (Fsp3) is 0.714. The minimum absolute atomic E-state index is 0.212. The van der Waals surface area contributed by atoms with Crippen LogP contribution in [0.3, 0.4) is 0 Å². The summed E-state index contributed by atoms with van der Waals surface area (Å²) in [5.41, 5.74) is 5.33. The molecular weight excluding hydrogens is 270 g/mol. The third-order valence-electron chi connectivity index (χ3n) is 3.40. The first-order valence-corrected chi connectivity index (χ1v) is 7.63. The molecule has 0 saturated heterocycles. The summed E-state index contributed by atoms with van der Waals surface area (Å²) in [4.78, 5) is 28.2. The van der Waals surface area contributed by atoms with Gasteiger partial charge >= 0.3 is 5.69 Å². The molecule has 0 amide bonds. The summed E-state index contributed by atoms with van der Waals surface area (Å²) in [5.74, 6) is 0.212. The number of H-pyrrole nitrogens is 1. The molecule has 0 aromatic carbocycles. The number of aromatic amines is 1. The first kappa shape index (κ1) is 17.3. The predicted molar refractivity (Wildman–Crippen MR) is 86.9 cm³/mol. The lowest BCUT2D eigenvalue weighted by Gasteiger charge is -2.20. The van der Waals surface area contributed by atoms with Crippen LogP contribution in [-0.4, -0.2) is 40.6 Å². The van der Waals surface area contributed by atoms with Crippen LogP contribution in [0.25, 0.3) is 0 Å². The van der Waals surface area contributed by atoms with Gasteiger partial charge in [0.15, 0.2) is 0 Å². The van der Waals surface area contributed by atoms with Gasteiger partial charge in [-0.3, -0.25) is 14.3 Å². The Balaban J connectivity index is 2.81. The summed E-state index contributed by atoms with van der Waals surface area (Å²) in [6.45, 7) is 10.1. The average Bonchev–Trinajstić information content (AvgIpc) is 2.45. The highest BCUT2D eigenvalue weighted by molar-refractivity contribution is 5.60. The number of hydrogen-bond acceptors (Lipinski definition) is 5. The highest BCUT2D eigenvalue weighted by Gasteiger charge is 2.11. The molecule has 1 heterocycles. The van der Waals surface area contributed by atoms with Gasteiger partial charge in [0, 0.05) is 19.6 Å². The summed E-state index contributed by atoms with van der Waals surface area (Å²) >= 11 is 0. The molecule has 0 unspecified atom stereocenters. The third kappa shape index (κ3) is 4.63. The molecule has 0 atom stereocenters. The average molecular weight is 297 g/mol. The Bertz CT molecular complexity index is 549. The van der Waals surface area contributed by atoms with E-state index < -0.39 is 11.2 Å². The molecule has 0 saturated carbocycles. The smallest absolute Gasteiger partial charge is 0.330 e. The number of hydrogen-bond donors (Lipinski definition) is 3. The summed E-state index contributed by atoms with van der Waals surface area (Å²) < 4.78 is 1.40. The molecule has 1 rings (SSSR count). The highest BCUT2D eigenvalue weighted by Crippen LogP contribution is 2.10. The van der Waals surface area contributed by atoms with E-state index in [-0.39, 0.29) is 11.5 Å². The van der Waals surface area contributed by atoms with Crippen LogP contribution < -0.4 is 22.3 Å². The lowest BCUT2D eigenvalue weighted by atomic mass is 10.3. The van der Waals surface area contributed by atoms with E-state index in [9.17, 15) is 9.59 Å². The summed E-state index contributed by atoms with van der Waals surface area (Å²) in [6, 6.07) is 0. The Hall–Kier alpha value is -1.76. The van der Waals surface area contributed by atoms with Crippen LogP contribution in [0.5, 0.6) is 0 Å². The van der Waals surface area contributed by atoms with Gasteiger partial charge in [-0.2, -0.15) is 0 Å². The number of anilines is 2. The van der Waals surface area contributed by atoms with Crippen molar-refractivity contribution in [1.29, 1.82) is 0 Å². The zero-order valence-electron chi connectivity index (χ0n) is 13.2. The first-order valence-electron chi connectivity index (χ1n) is 7.63. The molecule has 0 bridgehead atoms. The van der Waals surface area contributed by atoms with Gasteiger partial charge < -0.3 is 16.0 Å². The van der Waals surface area contributed by atoms with Crippen molar-refractivity contribution < 1.29 is 0 Å². The van der Waals surface area contributed by atoms with E-state index in [2.05, 4.69) is 29.0 Å². The van der Waals surface area contributed by atoms with Gasteiger partial charge in [-0.15, -0.1) is 0 Å². The van der Waals surface area contributed by atoms with Crippen molar-refractivity contribution in [1.82, 2.24) is 14.5 Å². The van der Waals surface area contributed by atoms with Crippen molar-refractivity contribution in [3.05, 3.63) is 20.8 Å². The SMILES string of the molecule is CCCN(CC)CCNc1c(N)n(CCC)c(=O)[nH]c1=O. The third-order valence-corrected chi connectivity index (χ3v) is 3.40. The number of aromatic nitrogens is 2. The Kier molecular flexibility index (Phi) is 7.01. The quantitative estimate of drug-likeness (QED) is 0.622. The summed E-state index contributed by atoms with van der Waals surface area (Å²) in [7, 11) is 0. The summed E-state index contributed by atoms with van der Waals surface area (Å²) in [6.07, 6.45) is 1.87. The second-order valence-electron chi connectivity index (χ2n) is 5.03. The molecule has 1 aromatic heterocycles. The van der Waals surface area contributed by atoms with Crippen LogP contribution in [0.1, 0.15) is 33.6 Å². The van der Waals surface area contributed by atoms with Gasteiger partial charge in [-0.1, -0.05) is 20.8 Å². The van der Waals surface area contributed by atoms with Crippen LogP contribution in [0.15, 0.2) is 9.59 Å². The van der Waals surface area contributed by atoms with E-state index in [4.69, 9.17) is 5.73 Å².